The quantitative estimate of drug-likeness (QED) is 0.604. The van der Waals surface area contributed by atoms with Gasteiger partial charge in [0.15, 0.2) is 5.78 Å². The van der Waals surface area contributed by atoms with Gasteiger partial charge < -0.3 is 4.74 Å². The van der Waals surface area contributed by atoms with Gasteiger partial charge in [0.1, 0.15) is 12.4 Å². The van der Waals surface area contributed by atoms with Gasteiger partial charge in [0, 0.05) is 11.1 Å². The maximum absolute atomic E-state index is 11.5. The minimum absolute atomic E-state index is 0.0827. The Morgan fingerprint density at radius 2 is 1.56 bits per heavy atom. The molecule has 4 rings (SSSR count). The number of ketones is 1. The number of hydrogen-bond acceptors (Lipinski definition) is 2. The van der Waals surface area contributed by atoms with Gasteiger partial charge in [-0.2, -0.15) is 0 Å². The summed E-state index contributed by atoms with van der Waals surface area (Å²) >= 11 is 0. The molecular weight excluding hydrogens is 308 g/mol. The normalized spacial score (nSPS) is 12.8. The molecule has 0 saturated heterocycles. The lowest BCUT2D eigenvalue weighted by Crippen LogP contribution is -2.06. The molecule has 1 heterocycles. The lowest BCUT2D eigenvalue weighted by molar-refractivity contribution is 0.101. The molecule has 25 heavy (non-hydrogen) atoms. The molecule has 3 aromatic carbocycles. The van der Waals surface area contributed by atoms with E-state index in [2.05, 4.69) is 30.3 Å². The van der Waals surface area contributed by atoms with Gasteiger partial charge in [-0.3, -0.25) is 4.79 Å². The van der Waals surface area contributed by atoms with Gasteiger partial charge in [-0.25, -0.2) is 0 Å². The van der Waals surface area contributed by atoms with E-state index in [9.17, 15) is 4.79 Å². The van der Waals surface area contributed by atoms with Crippen molar-refractivity contribution in [2.45, 2.75) is 6.92 Å². The molecule has 1 aliphatic rings. The second-order valence-corrected chi connectivity index (χ2v) is 6.14. The highest BCUT2D eigenvalue weighted by Gasteiger charge is 2.16. The molecule has 0 radical (unpaired) electrons. The van der Waals surface area contributed by atoms with Crippen LogP contribution >= 0.6 is 0 Å². The summed E-state index contributed by atoms with van der Waals surface area (Å²) < 4.78 is 5.80. The van der Waals surface area contributed by atoms with E-state index in [4.69, 9.17) is 4.74 Å². The number of hydrogen-bond donors (Lipinski definition) is 0. The van der Waals surface area contributed by atoms with Crippen molar-refractivity contribution in [1.29, 1.82) is 0 Å². The molecule has 0 fully saturated rings. The summed E-state index contributed by atoms with van der Waals surface area (Å²) in [4.78, 5) is 11.5. The van der Waals surface area contributed by atoms with Crippen LogP contribution in [0.15, 0.2) is 78.9 Å². The number of carbonyl (C=O) groups excluding carboxylic acids is 1. The number of fused-ring (bicyclic) bond motifs is 1. The van der Waals surface area contributed by atoms with Crippen molar-refractivity contribution in [3.05, 3.63) is 95.6 Å². The Kier molecular flexibility index (Phi) is 3.95. The SMILES string of the molecule is CC(=O)c1ccc(C2=CCOc3ccc(-c4ccccc4)cc32)cc1. The van der Waals surface area contributed by atoms with Crippen LogP contribution in [0, 0.1) is 0 Å². The molecule has 0 aliphatic carbocycles. The zero-order valence-corrected chi connectivity index (χ0v) is 14.0. The summed E-state index contributed by atoms with van der Waals surface area (Å²) in [7, 11) is 0. The first kappa shape index (κ1) is 15.4. The van der Waals surface area contributed by atoms with Crippen molar-refractivity contribution < 1.29 is 9.53 Å². The van der Waals surface area contributed by atoms with Crippen LogP contribution in [0.25, 0.3) is 16.7 Å². The van der Waals surface area contributed by atoms with Gasteiger partial charge in [0.2, 0.25) is 0 Å². The Morgan fingerprint density at radius 3 is 2.28 bits per heavy atom. The number of rotatable bonds is 3. The molecule has 0 unspecified atom stereocenters. The zero-order chi connectivity index (χ0) is 17.2. The summed E-state index contributed by atoms with van der Waals surface area (Å²) in [5.74, 6) is 0.979. The van der Waals surface area contributed by atoms with E-state index in [1.165, 1.54) is 5.56 Å². The third kappa shape index (κ3) is 2.99. The molecule has 0 spiro atoms. The highest BCUT2D eigenvalue weighted by atomic mass is 16.5. The van der Waals surface area contributed by atoms with Crippen LogP contribution < -0.4 is 4.74 Å². The summed E-state index contributed by atoms with van der Waals surface area (Å²) in [6.45, 7) is 2.14. The third-order valence-electron chi connectivity index (χ3n) is 4.51. The average Bonchev–Trinajstić information content (AvgIpc) is 2.68. The van der Waals surface area contributed by atoms with E-state index < -0.39 is 0 Å². The van der Waals surface area contributed by atoms with Crippen molar-refractivity contribution in [3.8, 4) is 16.9 Å². The molecule has 122 valence electrons. The van der Waals surface area contributed by atoms with Gasteiger partial charge in [0.25, 0.3) is 0 Å². The fourth-order valence-corrected chi connectivity index (χ4v) is 3.16. The maximum Gasteiger partial charge on any atom is 0.159 e. The monoisotopic (exact) mass is 326 g/mol. The Bertz CT molecular complexity index is 951. The largest absolute Gasteiger partial charge is 0.489 e. The molecule has 2 nitrogen and oxygen atoms in total. The van der Waals surface area contributed by atoms with Crippen LogP contribution in [0.2, 0.25) is 0 Å². The number of ether oxygens (including phenoxy) is 1. The predicted octanol–water partition coefficient (Wildman–Crippen LogP) is 5.38. The molecule has 2 heteroatoms. The van der Waals surface area contributed by atoms with Gasteiger partial charge >= 0.3 is 0 Å². The van der Waals surface area contributed by atoms with Crippen molar-refractivity contribution >= 4 is 11.4 Å². The Labute approximate surface area is 147 Å². The van der Waals surface area contributed by atoms with Crippen molar-refractivity contribution in [3.63, 3.8) is 0 Å². The summed E-state index contributed by atoms with van der Waals surface area (Å²) in [5, 5.41) is 0. The maximum atomic E-state index is 11.5. The van der Waals surface area contributed by atoms with E-state index in [0.717, 1.165) is 33.6 Å². The first-order valence-electron chi connectivity index (χ1n) is 8.36. The molecule has 0 saturated carbocycles. The van der Waals surface area contributed by atoms with Crippen LogP contribution in [0.4, 0.5) is 0 Å². The molecule has 1 aliphatic heterocycles. The van der Waals surface area contributed by atoms with Crippen molar-refractivity contribution in [2.75, 3.05) is 6.61 Å². The number of Topliss-reactive ketones (excluding diaryl/α,β-unsaturated/α-hetero) is 1. The van der Waals surface area contributed by atoms with Crippen LogP contribution in [-0.2, 0) is 0 Å². The van der Waals surface area contributed by atoms with Crippen LogP contribution in [0.5, 0.6) is 5.75 Å². The van der Waals surface area contributed by atoms with Crippen LogP contribution in [0.3, 0.4) is 0 Å². The second-order valence-electron chi connectivity index (χ2n) is 6.14. The highest BCUT2D eigenvalue weighted by molar-refractivity contribution is 5.95. The molecule has 0 atom stereocenters. The van der Waals surface area contributed by atoms with Gasteiger partial charge in [-0.15, -0.1) is 0 Å². The van der Waals surface area contributed by atoms with E-state index in [-0.39, 0.29) is 5.78 Å². The zero-order valence-electron chi connectivity index (χ0n) is 14.0. The van der Waals surface area contributed by atoms with Crippen molar-refractivity contribution in [1.82, 2.24) is 0 Å². The fourth-order valence-electron chi connectivity index (χ4n) is 3.16. The van der Waals surface area contributed by atoms with Gasteiger partial charge in [-0.1, -0.05) is 60.7 Å². The van der Waals surface area contributed by atoms with Crippen LogP contribution in [-0.4, -0.2) is 12.4 Å². The lowest BCUT2D eigenvalue weighted by Gasteiger charge is -2.20. The second kappa shape index (κ2) is 6.40. The topological polar surface area (TPSA) is 26.3 Å². The van der Waals surface area contributed by atoms with Gasteiger partial charge in [0.05, 0.1) is 0 Å². The van der Waals surface area contributed by atoms with Crippen molar-refractivity contribution in [2.24, 2.45) is 0 Å². The molecule has 0 bridgehead atoms. The lowest BCUT2D eigenvalue weighted by atomic mass is 9.92. The molecule has 3 aromatic rings. The standard InChI is InChI=1S/C23H18O2/c1-16(24)17-7-9-19(10-8-17)21-13-14-25-23-12-11-20(15-22(21)23)18-5-3-2-4-6-18/h2-13,15H,14H2,1H3. The smallest absolute Gasteiger partial charge is 0.159 e. The third-order valence-corrected chi connectivity index (χ3v) is 4.51. The minimum atomic E-state index is 0.0827. The fraction of sp³-hybridized carbons (Fsp3) is 0.0870. The van der Waals surface area contributed by atoms with E-state index in [1.54, 1.807) is 6.92 Å². The highest BCUT2D eigenvalue weighted by Crippen LogP contribution is 2.37. The molecule has 0 amide bonds. The minimum Gasteiger partial charge on any atom is -0.489 e. The van der Waals surface area contributed by atoms with E-state index >= 15 is 0 Å². The van der Waals surface area contributed by atoms with E-state index in [1.807, 2.05) is 48.5 Å². The Hall–Kier alpha value is -3.13. The number of carbonyl (C=O) groups is 1. The first-order chi connectivity index (χ1) is 12.2. The number of benzene rings is 3. The Morgan fingerprint density at radius 1 is 0.840 bits per heavy atom. The predicted molar refractivity (Wildman–Crippen MR) is 101 cm³/mol. The molecular formula is C23H18O2. The van der Waals surface area contributed by atoms with Gasteiger partial charge in [-0.05, 0) is 47.4 Å². The molecule has 0 N–H and O–H groups in total. The average molecular weight is 326 g/mol. The molecule has 0 aromatic heterocycles. The van der Waals surface area contributed by atoms with E-state index in [0.29, 0.717) is 6.61 Å². The Balaban J connectivity index is 1.77. The summed E-state index contributed by atoms with van der Waals surface area (Å²) in [5.41, 5.74) is 6.41. The first-order valence-corrected chi connectivity index (χ1v) is 8.36. The summed E-state index contributed by atoms with van der Waals surface area (Å²) in [6.07, 6.45) is 2.10. The van der Waals surface area contributed by atoms with Crippen LogP contribution in [0.1, 0.15) is 28.4 Å². The summed E-state index contributed by atoms with van der Waals surface area (Å²) in [6, 6.07) is 24.4.